The van der Waals surface area contributed by atoms with Gasteiger partial charge in [0.2, 0.25) is 0 Å². The summed E-state index contributed by atoms with van der Waals surface area (Å²) in [5, 5.41) is 14.9. The summed E-state index contributed by atoms with van der Waals surface area (Å²) in [4.78, 5) is 0. The summed E-state index contributed by atoms with van der Waals surface area (Å²) in [5.41, 5.74) is 12.0. The third-order valence-corrected chi connectivity index (χ3v) is 13.6. The highest BCUT2D eigenvalue weighted by molar-refractivity contribution is 7.48. The van der Waals surface area contributed by atoms with Gasteiger partial charge in [0, 0.05) is 0 Å². The lowest BCUT2D eigenvalue weighted by Gasteiger charge is -2.31. The molecule has 3 heteroatoms. The molecule has 0 fully saturated rings. The standard InChI is InChI=1S/C48H41NP2/c1-3-11-41-31(7-1)15-17-35-27-50-29-37-19-21-39-33(9-5-13-43(39)47(37)45(35)41)23-25-49-26-24-34-10-6-14-44-40(34)22-20-38-30-51-28-36-18-16-32-8-2-4-12-42(32)46(36)48(38)44/h1-8,11-20,27-30,33-34,49H,9-10,21-26H2/t33-,34-/m1/s1. The Kier molecular flexibility index (Phi) is 8.18. The molecule has 0 spiro atoms. The van der Waals surface area contributed by atoms with Crippen molar-refractivity contribution >= 4 is 72.3 Å². The Balaban J connectivity index is 0.887. The second-order valence-corrected chi connectivity index (χ2v) is 16.3. The van der Waals surface area contributed by atoms with E-state index in [4.69, 9.17) is 0 Å². The van der Waals surface area contributed by atoms with E-state index in [-0.39, 0.29) is 0 Å². The smallest absolute Gasteiger partial charge is 0.00173 e. The van der Waals surface area contributed by atoms with E-state index in [1.807, 2.05) is 0 Å². The number of benzene rings is 4. The van der Waals surface area contributed by atoms with Crippen LogP contribution in [-0.2, 0) is 0 Å². The molecule has 0 bridgehead atoms. The lowest BCUT2D eigenvalue weighted by molar-refractivity contribution is 0.477. The largest absolute Gasteiger partial charge is 0.317 e. The summed E-state index contributed by atoms with van der Waals surface area (Å²) >= 11 is 0. The van der Waals surface area contributed by atoms with E-state index in [2.05, 4.69) is 138 Å². The Morgan fingerprint density at radius 2 is 1.06 bits per heavy atom. The van der Waals surface area contributed by atoms with Crippen LogP contribution in [0, 0.1) is 11.8 Å². The molecule has 0 aromatic heterocycles. The van der Waals surface area contributed by atoms with Crippen LogP contribution in [0.1, 0.15) is 38.5 Å². The maximum Gasteiger partial charge on any atom is -0.00173 e. The van der Waals surface area contributed by atoms with Gasteiger partial charge >= 0.3 is 0 Å². The fraction of sp³-hybridized carbons (Fsp3) is 0.208. The van der Waals surface area contributed by atoms with Crippen molar-refractivity contribution in [2.45, 2.75) is 38.5 Å². The SMILES string of the molecule is C1=CC2=C(CC=C3C=PC=c4ccc5ccccc5c4=C32)[C@@H](CCNCC[C@H]2CC=CC3=C2CC=C2C=PC=c4ccc5ccccc5c4=C23)C1. The highest BCUT2D eigenvalue weighted by Crippen LogP contribution is 2.42. The monoisotopic (exact) mass is 693 g/mol. The first kappa shape index (κ1) is 31.4. The first-order valence-electron chi connectivity index (χ1n) is 18.7. The molecule has 0 radical (unpaired) electrons. The molecule has 0 saturated heterocycles. The Morgan fingerprint density at radius 1 is 0.569 bits per heavy atom. The van der Waals surface area contributed by atoms with E-state index in [0.717, 1.165) is 38.8 Å². The fourth-order valence-electron chi connectivity index (χ4n) is 9.43. The van der Waals surface area contributed by atoms with E-state index in [1.54, 1.807) is 11.1 Å². The number of hydrogen-bond acceptors (Lipinski definition) is 1. The summed E-state index contributed by atoms with van der Waals surface area (Å²) in [5.74, 6) is 10.8. The van der Waals surface area contributed by atoms with Crippen LogP contribution in [0.3, 0.4) is 0 Å². The molecule has 1 nitrogen and oxygen atoms in total. The predicted octanol–water partition coefficient (Wildman–Crippen LogP) is 8.77. The van der Waals surface area contributed by atoms with Crippen molar-refractivity contribution in [3.05, 3.63) is 164 Å². The third-order valence-electron chi connectivity index (χ3n) is 11.9. The Morgan fingerprint density at radius 3 is 1.57 bits per heavy atom. The minimum Gasteiger partial charge on any atom is -0.317 e. The van der Waals surface area contributed by atoms with E-state index >= 15 is 0 Å². The van der Waals surface area contributed by atoms with Crippen molar-refractivity contribution < 1.29 is 0 Å². The molecule has 2 atom stereocenters. The molecule has 4 aromatic carbocycles. The molecule has 0 unspecified atom stereocenters. The molecule has 1 N–H and O–H groups in total. The van der Waals surface area contributed by atoms with E-state index in [1.165, 1.54) is 105 Å². The summed E-state index contributed by atoms with van der Waals surface area (Å²) in [6.07, 6.45) is 21.6. The topological polar surface area (TPSA) is 12.0 Å². The van der Waals surface area contributed by atoms with Gasteiger partial charge in [0.1, 0.15) is 0 Å². The van der Waals surface area contributed by atoms with Gasteiger partial charge in [-0.15, -0.1) is 0 Å². The van der Waals surface area contributed by atoms with Crippen LogP contribution in [0.15, 0.2) is 143 Å². The van der Waals surface area contributed by atoms with Crippen LogP contribution in [-0.4, -0.2) is 24.7 Å². The van der Waals surface area contributed by atoms with Crippen molar-refractivity contribution in [3.8, 4) is 0 Å². The van der Waals surface area contributed by atoms with Gasteiger partial charge in [-0.1, -0.05) is 137 Å². The molecular weight excluding hydrogens is 652 g/mol. The van der Waals surface area contributed by atoms with Crippen molar-refractivity contribution in [2.75, 3.05) is 13.1 Å². The second-order valence-electron chi connectivity index (χ2n) is 14.7. The first-order valence-corrected chi connectivity index (χ1v) is 20.8. The van der Waals surface area contributed by atoms with E-state index in [0.29, 0.717) is 11.8 Å². The Hall–Kier alpha value is -4.38. The number of rotatable bonds is 6. The predicted molar refractivity (Wildman–Crippen MR) is 224 cm³/mol. The third kappa shape index (κ3) is 5.50. The number of fused-ring (bicyclic) bond motifs is 10. The van der Waals surface area contributed by atoms with Crippen molar-refractivity contribution in [3.63, 3.8) is 0 Å². The molecule has 6 aliphatic rings. The molecule has 248 valence electrons. The molecule has 4 aliphatic carbocycles. The zero-order valence-electron chi connectivity index (χ0n) is 28.9. The molecule has 2 aliphatic heterocycles. The molecule has 4 aromatic rings. The van der Waals surface area contributed by atoms with Gasteiger partial charge in [-0.3, -0.25) is 0 Å². The van der Waals surface area contributed by atoms with Gasteiger partial charge < -0.3 is 5.32 Å². The fourth-order valence-corrected chi connectivity index (χ4v) is 11.1. The minimum atomic E-state index is 0.591. The highest BCUT2D eigenvalue weighted by atomic mass is 31.1. The average Bonchev–Trinajstić information content (AvgIpc) is 3.50. The van der Waals surface area contributed by atoms with Crippen LogP contribution >= 0.6 is 16.4 Å². The average molecular weight is 694 g/mol. The van der Waals surface area contributed by atoms with E-state index < -0.39 is 0 Å². The number of allylic oxidation sites excluding steroid dienone is 12. The Bertz CT molecular complexity index is 2490. The molecular formula is C48H41NP2. The quantitative estimate of drug-likeness (QED) is 0.157. The lowest BCUT2D eigenvalue weighted by atomic mass is 9.75. The number of hydrogen-bond donors (Lipinski definition) is 1. The van der Waals surface area contributed by atoms with Crippen LogP contribution in [0.4, 0.5) is 0 Å². The molecule has 2 heterocycles. The van der Waals surface area contributed by atoms with E-state index in [9.17, 15) is 0 Å². The van der Waals surface area contributed by atoms with Crippen molar-refractivity contribution in [2.24, 2.45) is 11.8 Å². The minimum absolute atomic E-state index is 0.591. The highest BCUT2D eigenvalue weighted by Gasteiger charge is 2.28. The van der Waals surface area contributed by atoms with Crippen LogP contribution < -0.4 is 26.2 Å². The Labute approximate surface area is 303 Å². The van der Waals surface area contributed by atoms with Crippen molar-refractivity contribution in [1.29, 1.82) is 0 Å². The molecule has 0 amide bonds. The van der Waals surface area contributed by atoms with Gasteiger partial charge in [-0.2, -0.15) is 0 Å². The van der Waals surface area contributed by atoms with Crippen LogP contribution in [0.5, 0.6) is 0 Å². The van der Waals surface area contributed by atoms with Crippen molar-refractivity contribution in [1.82, 2.24) is 5.32 Å². The maximum atomic E-state index is 3.92. The summed E-state index contributed by atoms with van der Waals surface area (Å²) in [6, 6.07) is 27.1. The second kappa shape index (κ2) is 13.3. The maximum absolute atomic E-state index is 3.92. The van der Waals surface area contributed by atoms with Crippen LogP contribution in [0.25, 0.3) is 44.3 Å². The zero-order chi connectivity index (χ0) is 33.7. The van der Waals surface area contributed by atoms with Gasteiger partial charge in [-0.25, -0.2) is 0 Å². The molecule has 10 rings (SSSR count). The zero-order valence-corrected chi connectivity index (χ0v) is 30.7. The van der Waals surface area contributed by atoms with Gasteiger partial charge in [-0.05, 0) is 163 Å². The first-order chi connectivity index (χ1) is 25.3. The molecule has 0 saturated carbocycles. The summed E-state index contributed by atoms with van der Waals surface area (Å²) < 4.78 is 0. The molecule has 51 heavy (non-hydrogen) atoms. The normalized spacial score (nSPS) is 22.0. The lowest BCUT2D eigenvalue weighted by Crippen LogP contribution is -2.30. The summed E-state index contributed by atoms with van der Waals surface area (Å²) in [7, 11) is 2.54. The van der Waals surface area contributed by atoms with Gasteiger partial charge in [0.05, 0.1) is 0 Å². The number of nitrogens with one attached hydrogen (secondary N) is 1. The summed E-state index contributed by atoms with van der Waals surface area (Å²) in [6.45, 7) is 2.14. The van der Waals surface area contributed by atoms with Crippen LogP contribution in [0.2, 0.25) is 0 Å². The van der Waals surface area contributed by atoms with Gasteiger partial charge in [0.25, 0.3) is 0 Å². The van der Waals surface area contributed by atoms with Gasteiger partial charge in [0.15, 0.2) is 0 Å².